The van der Waals surface area contributed by atoms with Crippen molar-refractivity contribution in [2.45, 2.75) is 24.4 Å². The minimum atomic E-state index is -1.33. The van der Waals surface area contributed by atoms with Gasteiger partial charge in [-0.25, -0.2) is 4.98 Å². The third-order valence-corrected chi connectivity index (χ3v) is 5.83. The van der Waals surface area contributed by atoms with Gasteiger partial charge in [0, 0.05) is 16.8 Å². The van der Waals surface area contributed by atoms with Gasteiger partial charge >= 0.3 is 0 Å². The highest BCUT2D eigenvalue weighted by molar-refractivity contribution is 7.84. The first-order chi connectivity index (χ1) is 13.6. The predicted molar refractivity (Wildman–Crippen MR) is 111 cm³/mol. The Balaban J connectivity index is 1.49. The highest BCUT2D eigenvalue weighted by atomic mass is 35.5. The van der Waals surface area contributed by atoms with Crippen molar-refractivity contribution in [3.63, 3.8) is 0 Å². The number of hydrogen-bond acceptors (Lipinski definition) is 4. The largest absolute Gasteiger partial charge is 0.489 e. The first-order valence-corrected chi connectivity index (χ1v) is 10.4. The molecule has 2 heterocycles. The number of nitrogens with one attached hydrogen (secondary N) is 1. The number of fused-ring (bicyclic) bond motifs is 1. The van der Waals surface area contributed by atoms with Crippen LogP contribution >= 0.6 is 11.6 Å². The van der Waals surface area contributed by atoms with E-state index < -0.39 is 10.8 Å². The Morgan fingerprint density at radius 3 is 2.68 bits per heavy atom. The van der Waals surface area contributed by atoms with Gasteiger partial charge in [-0.1, -0.05) is 35.9 Å². The molecule has 0 spiro atoms. The van der Waals surface area contributed by atoms with Crippen LogP contribution in [-0.4, -0.2) is 19.2 Å². The van der Waals surface area contributed by atoms with E-state index in [2.05, 4.69) is 15.0 Å². The zero-order valence-corrected chi connectivity index (χ0v) is 16.8. The van der Waals surface area contributed by atoms with Crippen LogP contribution < -0.4 is 4.74 Å². The van der Waals surface area contributed by atoms with E-state index in [9.17, 15) is 4.21 Å². The number of imidazole rings is 1. The maximum Gasteiger partial charge on any atom is 0.197 e. The number of benzene rings is 2. The van der Waals surface area contributed by atoms with Gasteiger partial charge in [0.25, 0.3) is 0 Å². The van der Waals surface area contributed by atoms with Gasteiger partial charge < -0.3 is 9.72 Å². The highest BCUT2D eigenvalue weighted by Crippen LogP contribution is 2.23. The molecule has 5 nitrogen and oxygen atoms in total. The normalized spacial score (nSPS) is 12.2. The summed E-state index contributed by atoms with van der Waals surface area (Å²) in [4.78, 5) is 11.9. The van der Waals surface area contributed by atoms with Gasteiger partial charge in [-0.15, -0.1) is 0 Å². The second-order valence-corrected chi connectivity index (χ2v) is 8.15. The number of aromatic nitrogens is 3. The summed E-state index contributed by atoms with van der Waals surface area (Å²) in [5.74, 6) is 0.991. The minimum absolute atomic E-state index is 0.268. The van der Waals surface area contributed by atoms with Crippen LogP contribution in [0.3, 0.4) is 0 Å². The van der Waals surface area contributed by atoms with Gasteiger partial charge in [0.2, 0.25) is 0 Å². The van der Waals surface area contributed by atoms with Crippen LogP contribution in [0.5, 0.6) is 5.75 Å². The molecule has 0 aliphatic heterocycles. The standard InChI is InChI=1S/C21H18ClN3O2S/c1-14-19(13-28(26)21-24-17-4-2-3-5-18(17)25-21)23-11-10-20(14)27-12-15-6-8-16(22)9-7-15/h2-11H,12-13H2,1H3,(H,24,25). The fraction of sp³-hybridized carbons (Fsp3) is 0.143. The number of H-pyrrole nitrogens is 1. The summed E-state index contributed by atoms with van der Waals surface area (Å²) in [5.41, 5.74) is 4.30. The zero-order chi connectivity index (χ0) is 19.5. The Bertz CT molecular complexity index is 1110. The summed E-state index contributed by atoms with van der Waals surface area (Å²) in [6.07, 6.45) is 1.68. The molecule has 0 radical (unpaired) electrons. The van der Waals surface area contributed by atoms with Gasteiger partial charge in [-0.2, -0.15) is 0 Å². The van der Waals surface area contributed by atoms with Crippen molar-refractivity contribution in [2.75, 3.05) is 0 Å². The average molecular weight is 412 g/mol. The van der Waals surface area contributed by atoms with Crippen molar-refractivity contribution in [3.05, 3.63) is 82.6 Å². The van der Waals surface area contributed by atoms with Crippen molar-refractivity contribution in [2.24, 2.45) is 0 Å². The summed E-state index contributed by atoms with van der Waals surface area (Å²) < 4.78 is 18.7. The van der Waals surface area contributed by atoms with Crippen LogP contribution in [0.1, 0.15) is 16.8 Å². The quantitative estimate of drug-likeness (QED) is 0.494. The molecular formula is C21H18ClN3O2S. The molecule has 2 aromatic carbocycles. The van der Waals surface area contributed by atoms with E-state index in [0.717, 1.165) is 33.6 Å². The summed E-state index contributed by atoms with van der Waals surface area (Å²) in [5, 5.41) is 1.15. The van der Waals surface area contributed by atoms with Crippen LogP contribution in [0.4, 0.5) is 0 Å². The Morgan fingerprint density at radius 1 is 1.11 bits per heavy atom. The second kappa shape index (κ2) is 8.12. The molecule has 0 fully saturated rings. The maximum atomic E-state index is 12.8. The van der Waals surface area contributed by atoms with E-state index >= 15 is 0 Å². The predicted octanol–water partition coefficient (Wildman–Crippen LogP) is 4.81. The van der Waals surface area contributed by atoms with Crippen molar-refractivity contribution in [1.82, 2.24) is 15.0 Å². The van der Waals surface area contributed by atoms with Gasteiger partial charge in [-0.3, -0.25) is 9.19 Å². The maximum absolute atomic E-state index is 12.8. The molecule has 1 atom stereocenters. The fourth-order valence-electron chi connectivity index (χ4n) is 2.83. The lowest BCUT2D eigenvalue weighted by Crippen LogP contribution is -2.05. The molecule has 142 valence electrons. The first kappa shape index (κ1) is 18.7. The summed E-state index contributed by atoms with van der Waals surface area (Å²) in [7, 11) is -1.33. The smallest absolute Gasteiger partial charge is 0.197 e. The number of pyridine rings is 1. The summed E-state index contributed by atoms with van der Waals surface area (Å²) in [6.45, 7) is 2.35. The van der Waals surface area contributed by atoms with Crippen LogP contribution in [0.15, 0.2) is 66.0 Å². The number of rotatable bonds is 6. The number of para-hydroxylation sites is 2. The lowest BCUT2D eigenvalue weighted by molar-refractivity contribution is 0.303. The van der Waals surface area contributed by atoms with Crippen LogP contribution in [0.25, 0.3) is 11.0 Å². The van der Waals surface area contributed by atoms with Gasteiger partial charge in [0.1, 0.15) is 12.4 Å². The van der Waals surface area contributed by atoms with Crippen molar-refractivity contribution >= 4 is 33.4 Å². The molecule has 4 rings (SSSR count). The molecule has 2 aromatic heterocycles. The number of aromatic amines is 1. The van der Waals surface area contributed by atoms with Crippen LogP contribution in [-0.2, 0) is 23.2 Å². The van der Waals surface area contributed by atoms with E-state index in [4.69, 9.17) is 16.3 Å². The topological polar surface area (TPSA) is 67.9 Å². The molecule has 0 saturated heterocycles. The highest BCUT2D eigenvalue weighted by Gasteiger charge is 2.15. The molecule has 0 bridgehead atoms. The Morgan fingerprint density at radius 2 is 1.89 bits per heavy atom. The van der Waals surface area contributed by atoms with E-state index in [0.29, 0.717) is 16.8 Å². The number of ether oxygens (including phenoxy) is 1. The van der Waals surface area contributed by atoms with Crippen LogP contribution in [0, 0.1) is 6.92 Å². The van der Waals surface area contributed by atoms with E-state index in [1.54, 1.807) is 6.20 Å². The third-order valence-electron chi connectivity index (χ3n) is 4.42. The van der Waals surface area contributed by atoms with Crippen molar-refractivity contribution in [1.29, 1.82) is 0 Å². The number of nitrogens with zero attached hydrogens (tertiary/aromatic N) is 2. The monoisotopic (exact) mass is 411 g/mol. The number of halogens is 1. The van der Waals surface area contributed by atoms with Crippen molar-refractivity contribution in [3.8, 4) is 5.75 Å². The van der Waals surface area contributed by atoms with Gasteiger partial charge in [0.15, 0.2) is 5.16 Å². The number of hydrogen-bond donors (Lipinski definition) is 1. The van der Waals surface area contributed by atoms with Gasteiger partial charge in [-0.05, 0) is 42.8 Å². The Hall–Kier alpha value is -2.70. The summed E-state index contributed by atoms with van der Waals surface area (Å²) >= 11 is 5.91. The molecule has 1 N–H and O–H groups in total. The molecular weight excluding hydrogens is 394 g/mol. The van der Waals surface area contributed by atoms with E-state index in [-0.39, 0.29) is 5.75 Å². The molecule has 7 heteroatoms. The molecule has 28 heavy (non-hydrogen) atoms. The molecule has 0 aliphatic carbocycles. The lowest BCUT2D eigenvalue weighted by Gasteiger charge is -2.12. The molecule has 0 aliphatic rings. The Kier molecular flexibility index (Phi) is 5.41. The average Bonchev–Trinajstić information content (AvgIpc) is 3.14. The van der Waals surface area contributed by atoms with Gasteiger partial charge in [0.05, 0.1) is 33.3 Å². The fourth-order valence-corrected chi connectivity index (χ4v) is 4.06. The van der Waals surface area contributed by atoms with Crippen molar-refractivity contribution < 1.29 is 8.95 Å². The molecule has 4 aromatic rings. The third kappa shape index (κ3) is 4.08. The zero-order valence-electron chi connectivity index (χ0n) is 15.2. The minimum Gasteiger partial charge on any atom is -0.489 e. The lowest BCUT2D eigenvalue weighted by atomic mass is 10.2. The Labute approximate surface area is 170 Å². The molecule has 0 amide bonds. The van der Waals surface area contributed by atoms with E-state index in [1.165, 1.54) is 0 Å². The second-order valence-electron chi connectivity index (χ2n) is 6.34. The first-order valence-electron chi connectivity index (χ1n) is 8.75. The molecule has 1 unspecified atom stereocenters. The molecule has 0 saturated carbocycles. The van der Waals surface area contributed by atoms with Crippen LogP contribution in [0.2, 0.25) is 5.02 Å². The van der Waals surface area contributed by atoms with E-state index in [1.807, 2.05) is 61.5 Å². The summed E-state index contributed by atoms with van der Waals surface area (Å²) in [6, 6.07) is 17.0. The SMILES string of the molecule is Cc1c(OCc2ccc(Cl)cc2)ccnc1CS(=O)c1nc2ccccc2[nH]1.